The molecule has 0 fully saturated rings. The number of hydrogen-bond acceptors (Lipinski definition) is 4. The molecule has 0 saturated carbocycles. The lowest BCUT2D eigenvalue weighted by molar-refractivity contribution is -0.138. The van der Waals surface area contributed by atoms with Crippen molar-refractivity contribution in [1.29, 1.82) is 0 Å². The van der Waals surface area contributed by atoms with E-state index < -0.39 is 35.9 Å². The number of carboxylic acid groups (broad SMARTS) is 1. The molecular formula is C18H13NO5. The Labute approximate surface area is 137 Å². The van der Waals surface area contributed by atoms with Gasteiger partial charge in [-0.25, -0.2) is 0 Å². The summed E-state index contributed by atoms with van der Waals surface area (Å²) in [6.45, 7) is -0.637. The first-order valence-electron chi connectivity index (χ1n) is 7.26. The van der Waals surface area contributed by atoms with Crippen molar-refractivity contribution in [2.24, 2.45) is 5.92 Å². The van der Waals surface area contributed by atoms with Gasteiger partial charge in [0.05, 0.1) is 0 Å². The van der Waals surface area contributed by atoms with Gasteiger partial charge in [-0.2, -0.15) is 0 Å². The molecule has 0 spiro atoms. The highest BCUT2D eigenvalue weighted by Crippen LogP contribution is 2.31. The summed E-state index contributed by atoms with van der Waals surface area (Å²) in [6, 6.07) is 14.2. The molecule has 2 aromatic carbocycles. The number of rotatable bonds is 4. The van der Waals surface area contributed by atoms with E-state index in [1.54, 1.807) is 12.1 Å². The number of amides is 1. The number of carboxylic acids is 1. The molecule has 0 heterocycles. The Morgan fingerprint density at radius 1 is 0.917 bits per heavy atom. The SMILES string of the molecule is O=C(O)CNC(=O)C1C(=O)c2ccc(-c3ccccc3)cc2C1=O. The number of hydrogen-bond donors (Lipinski definition) is 2. The lowest BCUT2D eigenvalue weighted by atomic mass is 10.0. The van der Waals surface area contributed by atoms with E-state index in [4.69, 9.17) is 5.11 Å². The standard InChI is InChI=1S/C18H13NO5/c20-14(21)9-19-18(24)15-16(22)12-7-6-11(8-13(12)17(15)23)10-4-2-1-3-5-10/h1-8,15H,9H2,(H,19,24)(H,20,21). The maximum atomic E-state index is 12.4. The van der Waals surface area contributed by atoms with Crippen LogP contribution in [0.15, 0.2) is 48.5 Å². The second kappa shape index (κ2) is 6.08. The molecule has 0 saturated heterocycles. The Morgan fingerprint density at radius 3 is 2.25 bits per heavy atom. The summed E-state index contributed by atoms with van der Waals surface area (Å²) in [6.07, 6.45) is 0. The van der Waals surface area contributed by atoms with E-state index in [0.29, 0.717) is 0 Å². The number of benzene rings is 2. The van der Waals surface area contributed by atoms with Crippen LogP contribution in [0.1, 0.15) is 20.7 Å². The maximum absolute atomic E-state index is 12.4. The highest BCUT2D eigenvalue weighted by atomic mass is 16.4. The average Bonchev–Trinajstić information content (AvgIpc) is 2.84. The normalized spacial score (nSPS) is 15.9. The van der Waals surface area contributed by atoms with Crippen molar-refractivity contribution in [2.75, 3.05) is 6.54 Å². The van der Waals surface area contributed by atoms with Crippen molar-refractivity contribution in [3.05, 3.63) is 59.7 Å². The molecule has 24 heavy (non-hydrogen) atoms. The summed E-state index contributed by atoms with van der Waals surface area (Å²) >= 11 is 0. The van der Waals surface area contributed by atoms with Crippen molar-refractivity contribution in [2.45, 2.75) is 0 Å². The van der Waals surface area contributed by atoms with E-state index in [9.17, 15) is 19.2 Å². The molecule has 1 atom stereocenters. The van der Waals surface area contributed by atoms with E-state index in [2.05, 4.69) is 5.32 Å². The molecule has 0 aromatic heterocycles. The van der Waals surface area contributed by atoms with Crippen LogP contribution >= 0.6 is 0 Å². The highest BCUT2D eigenvalue weighted by Gasteiger charge is 2.43. The molecule has 2 aromatic rings. The fraction of sp³-hybridized carbons (Fsp3) is 0.111. The number of fused-ring (bicyclic) bond motifs is 1. The molecule has 0 bridgehead atoms. The molecule has 120 valence electrons. The van der Waals surface area contributed by atoms with Crippen molar-refractivity contribution in [1.82, 2.24) is 5.32 Å². The zero-order chi connectivity index (χ0) is 17.3. The summed E-state index contributed by atoms with van der Waals surface area (Å²) in [5, 5.41) is 10.7. The van der Waals surface area contributed by atoms with Crippen LogP contribution in [-0.2, 0) is 9.59 Å². The van der Waals surface area contributed by atoms with Gasteiger partial charge >= 0.3 is 5.97 Å². The fourth-order valence-electron chi connectivity index (χ4n) is 2.71. The summed E-state index contributed by atoms with van der Waals surface area (Å²) < 4.78 is 0. The van der Waals surface area contributed by atoms with Crippen LogP contribution in [0.25, 0.3) is 11.1 Å². The third-order valence-corrected chi connectivity index (χ3v) is 3.86. The Balaban J connectivity index is 1.92. The number of Topliss-reactive ketones (excluding diaryl/α,β-unsaturated/α-hetero) is 2. The molecule has 3 rings (SSSR count). The molecule has 0 radical (unpaired) electrons. The van der Waals surface area contributed by atoms with E-state index in [1.807, 2.05) is 30.3 Å². The quantitative estimate of drug-likeness (QED) is 0.832. The first-order chi connectivity index (χ1) is 11.5. The minimum Gasteiger partial charge on any atom is -0.480 e. The van der Waals surface area contributed by atoms with E-state index in [1.165, 1.54) is 6.07 Å². The molecule has 1 aliphatic carbocycles. The van der Waals surface area contributed by atoms with Gasteiger partial charge in [-0.1, -0.05) is 42.5 Å². The van der Waals surface area contributed by atoms with Gasteiger partial charge < -0.3 is 10.4 Å². The second-order valence-electron chi connectivity index (χ2n) is 5.40. The number of carbonyl (C=O) groups is 4. The number of aliphatic carboxylic acids is 1. The third kappa shape index (κ3) is 2.69. The second-order valence-corrected chi connectivity index (χ2v) is 5.40. The number of carbonyl (C=O) groups excluding carboxylic acids is 3. The minimum atomic E-state index is -1.51. The van der Waals surface area contributed by atoms with Gasteiger partial charge in [0.2, 0.25) is 5.91 Å². The largest absolute Gasteiger partial charge is 0.480 e. The average molecular weight is 323 g/mol. The molecule has 1 amide bonds. The third-order valence-electron chi connectivity index (χ3n) is 3.86. The summed E-state index contributed by atoms with van der Waals surface area (Å²) in [5.74, 6) is -4.84. The predicted octanol–water partition coefficient (Wildman–Crippen LogP) is 1.55. The molecule has 0 aliphatic heterocycles. The van der Waals surface area contributed by atoms with Gasteiger partial charge in [-0.05, 0) is 17.2 Å². The Morgan fingerprint density at radius 2 is 1.58 bits per heavy atom. The maximum Gasteiger partial charge on any atom is 0.322 e. The first-order valence-corrected chi connectivity index (χ1v) is 7.26. The zero-order valence-corrected chi connectivity index (χ0v) is 12.5. The fourth-order valence-corrected chi connectivity index (χ4v) is 2.71. The Bertz CT molecular complexity index is 857. The van der Waals surface area contributed by atoms with E-state index in [0.717, 1.165) is 11.1 Å². The monoisotopic (exact) mass is 323 g/mol. The molecule has 6 heteroatoms. The Kier molecular flexibility index (Phi) is 3.95. The van der Waals surface area contributed by atoms with E-state index in [-0.39, 0.29) is 11.1 Å². The Hall–Kier alpha value is -3.28. The van der Waals surface area contributed by atoms with Crippen LogP contribution in [0.3, 0.4) is 0 Å². The minimum absolute atomic E-state index is 0.190. The molecular weight excluding hydrogens is 310 g/mol. The summed E-state index contributed by atoms with van der Waals surface area (Å²) in [7, 11) is 0. The predicted molar refractivity (Wildman–Crippen MR) is 84.7 cm³/mol. The van der Waals surface area contributed by atoms with Gasteiger partial charge in [0, 0.05) is 11.1 Å². The molecule has 1 unspecified atom stereocenters. The first kappa shape index (κ1) is 15.6. The number of nitrogens with one attached hydrogen (secondary N) is 1. The van der Waals surface area contributed by atoms with E-state index >= 15 is 0 Å². The van der Waals surface area contributed by atoms with Crippen LogP contribution in [0.5, 0.6) is 0 Å². The van der Waals surface area contributed by atoms with Gasteiger partial charge in [-0.15, -0.1) is 0 Å². The topological polar surface area (TPSA) is 101 Å². The van der Waals surface area contributed by atoms with Crippen LogP contribution < -0.4 is 5.32 Å². The van der Waals surface area contributed by atoms with Crippen molar-refractivity contribution in [3.63, 3.8) is 0 Å². The molecule has 1 aliphatic rings. The van der Waals surface area contributed by atoms with Gasteiger partial charge in [-0.3, -0.25) is 19.2 Å². The van der Waals surface area contributed by atoms with Crippen LogP contribution in [0.2, 0.25) is 0 Å². The van der Waals surface area contributed by atoms with Gasteiger partial charge in [0.15, 0.2) is 17.5 Å². The summed E-state index contributed by atoms with van der Waals surface area (Å²) in [5.41, 5.74) is 2.04. The highest BCUT2D eigenvalue weighted by molar-refractivity contribution is 6.35. The number of ketones is 2. The van der Waals surface area contributed by atoms with Gasteiger partial charge in [0.25, 0.3) is 0 Å². The zero-order valence-electron chi connectivity index (χ0n) is 12.5. The molecule has 6 nitrogen and oxygen atoms in total. The lowest BCUT2D eigenvalue weighted by Gasteiger charge is -2.06. The smallest absolute Gasteiger partial charge is 0.322 e. The van der Waals surface area contributed by atoms with Crippen LogP contribution in [0, 0.1) is 5.92 Å². The van der Waals surface area contributed by atoms with Crippen molar-refractivity contribution < 1.29 is 24.3 Å². The van der Waals surface area contributed by atoms with Crippen molar-refractivity contribution >= 4 is 23.4 Å². The van der Waals surface area contributed by atoms with Crippen LogP contribution in [-0.4, -0.2) is 35.1 Å². The van der Waals surface area contributed by atoms with Gasteiger partial charge in [0.1, 0.15) is 6.54 Å². The van der Waals surface area contributed by atoms with Crippen molar-refractivity contribution in [3.8, 4) is 11.1 Å². The van der Waals surface area contributed by atoms with Crippen LogP contribution in [0.4, 0.5) is 0 Å². The summed E-state index contributed by atoms with van der Waals surface area (Å²) in [4.78, 5) is 47.3. The molecule has 2 N–H and O–H groups in total. The lowest BCUT2D eigenvalue weighted by Crippen LogP contribution is -2.39.